The minimum absolute atomic E-state index is 0.00422. The van der Waals surface area contributed by atoms with E-state index in [9.17, 15) is 42.8 Å². The average Bonchev–Trinajstić information content (AvgIpc) is 3.19. The van der Waals surface area contributed by atoms with E-state index in [2.05, 4.69) is 65.9 Å². The van der Waals surface area contributed by atoms with Gasteiger partial charge in [0.05, 0.1) is 42.1 Å². The van der Waals surface area contributed by atoms with E-state index in [-0.39, 0.29) is 35.2 Å². The first-order valence-corrected chi connectivity index (χ1v) is 27.9. The van der Waals surface area contributed by atoms with Crippen molar-refractivity contribution in [2.24, 2.45) is 0 Å². The zero-order valence-corrected chi connectivity index (χ0v) is 42.0. The van der Waals surface area contributed by atoms with Gasteiger partial charge in [0, 0.05) is 53.5 Å². The summed E-state index contributed by atoms with van der Waals surface area (Å²) in [6.07, 6.45) is 2.91. The second-order valence-corrected chi connectivity index (χ2v) is 23.7. The number of anilines is 1. The van der Waals surface area contributed by atoms with Gasteiger partial charge in [-0.3, -0.25) is 18.3 Å². The van der Waals surface area contributed by atoms with Crippen LogP contribution in [0.4, 0.5) is 23.2 Å². The Bertz CT molecular complexity index is 2910. The molecule has 10 nitrogen and oxygen atoms in total. The first kappa shape index (κ1) is 51.9. The molecule has 2 heterocycles. The van der Waals surface area contributed by atoms with Gasteiger partial charge in [0.1, 0.15) is 29.4 Å². The van der Waals surface area contributed by atoms with Crippen LogP contribution in [0.1, 0.15) is 39.9 Å². The molecule has 0 unspecified atom stereocenters. The minimum atomic E-state index is -3.73. The zero-order chi connectivity index (χ0) is 48.7. The van der Waals surface area contributed by atoms with Crippen molar-refractivity contribution in [1.29, 1.82) is 0 Å². The maximum atomic E-state index is 13.8. The van der Waals surface area contributed by atoms with Gasteiger partial charge < -0.3 is 0 Å². The fourth-order valence-corrected chi connectivity index (χ4v) is 11.0. The molecule has 0 amide bonds. The van der Waals surface area contributed by atoms with Crippen LogP contribution in [0, 0.1) is 23.3 Å². The fraction of sp³-hybridized carbons (Fsp3) is 0.250. The molecule has 2 saturated heterocycles. The second-order valence-electron chi connectivity index (χ2n) is 16.2. The van der Waals surface area contributed by atoms with Crippen LogP contribution >= 0.6 is 31.9 Å². The quantitative estimate of drug-likeness (QED) is 0.0823. The molecule has 2 atom stereocenters. The van der Waals surface area contributed by atoms with Crippen molar-refractivity contribution in [3.05, 3.63) is 206 Å². The molecule has 0 aromatic heterocycles. The van der Waals surface area contributed by atoms with Gasteiger partial charge in [-0.1, -0.05) is 117 Å². The Morgan fingerprint density at radius 1 is 0.552 bits per heavy atom. The molecule has 0 N–H and O–H groups in total. The van der Waals surface area contributed by atoms with Crippen molar-refractivity contribution >= 4 is 67.5 Å². The summed E-state index contributed by atoms with van der Waals surface area (Å²) in [7, 11) is -10.4. The number of hydrogen-bond acceptors (Lipinski definition) is 9. The SMILES string of the molecule is CS(=O)(=O)Cc1cc(F)cc(F)c1.CS(=O)(=O)N(c1cc(F)cc(F)c1)C1CN([C@@H](c2ccccc2)c2ccc(Br)cc2)C1.CS(=O)(=O)OC1CN([C@@H](c2ccccc2)c2ccc(Br)cc2)C1. The van der Waals surface area contributed by atoms with Crippen molar-refractivity contribution in [2.75, 3.05) is 49.3 Å². The standard InChI is InChI=1S/C23H21BrF2N2O2S.C17H18BrNO3S.C8H8F2O2S/c1-31(29,30)28(21-12-19(25)11-20(26)13-21)22-14-27(15-22)23(16-5-3-2-4-6-16)17-7-9-18(24)10-8-17;1-23(20,21)22-16-11-19(12-16)17(13-5-3-2-4-6-13)14-7-9-15(18)10-8-14;1-13(11,12)5-6-2-7(9)4-8(10)3-6/h2-13,22-23H,14-15H2,1H3;2-10,16-17H,11-12H2,1H3;2-4H,5H2,1H3/t23-;17-;/m00./s1. The number of nitrogens with zero attached hydrogens (tertiary/aromatic N) is 3. The van der Waals surface area contributed by atoms with Crippen LogP contribution in [0.5, 0.6) is 0 Å². The summed E-state index contributed by atoms with van der Waals surface area (Å²) in [6, 6.07) is 41.6. The molecule has 19 heteroatoms. The topological polar surface area (TPSA) is 121 Å². The Morgan fingerprint density at radius 3 is 1.30 bits per heavy atom. The van der Waals surface area contributed by atoms with E-state index in [0.717, 1.165) is 73.5 Å². The van der Waals surface area contributed by atoms with Crippen molar-refractivity contribution in [1.82, 2.24) is 9.80 Å². The predicted octanol–water partition coefficient (Wildman–Crippen LogP) is 9.68. The van der Waals surface area contributed by atoms with Crippen LogP contribution < -0.4 is 4.31 Å². The van der Waals surface area contributed by atoms with Crippen molar-refractivity contribution in [2.45, 2.75) is 30.0 Å². The number of likely N-dealkylation sites (tertiary alicyclic amines) is 2. The number of sulfone groups is 1. The molecule has 6 aromatic rings. The molecule has 0 radical (unpaired) electrons. The number of sulfonamides is 1. The van der Waals surface area contributed by atoms with Gasteiger partial charge in [0.15, 0.2) is 9.84 Å². The third kappa shape index (κ3) is 15.3. The van der Waals surface area contributed by atoms with Gasteiger partial charge in [0.2, 0.25) is 10.0 Å². The van der Waals surface area contributed by atoms with E-state index in [1.807, 2.05) is 84.9 Å². The fourth-order valence-electron chi connectivity index (χ4n) is 7.96. The molecule has 2 aliphatic rings. The Morgan fingerprint density at radius 2 is 0.925 bits per heavy atom. The lowest BCUT2D eigenvalue weighted by molar-refractivity contribution is 0.00474. The largest absolute Gasteiger partial charge is 0.288 e. The number of rotatable bonds is 13. The van der Waals surface area contributed by atoms with Crippen LogP contribution in [0.2, 0.25) is 0 Å². The van der Waals surface area contributed by atoms with Gasteiger partial charge in [-0.15, -0.1) is 0 Å². The Kier molecular flexibility index (Phi) is 17.3. The van der Waals surface area contributed by atoms with Gasteiger partial charge in [-0.05, 0) is 76.3 Å². The molecule has 67 heavy (non-hydrogen) atoms. The summed E-state index contributed by atoms with van der Waals surface area (Å²) in [6.45, 7) is 2.06. The highest BCUT2D eigenvalue weighted by molar-refractivity contribution is 9.10. The molecular formula is C48H47Br2F4N3O7S3. The predicted molar refractivity (Wildman–Crippen MR) is 260 cm³/mol. The highest BCUT2D eigenvalue weighted by atomic mass is 79.9. The highest BCUT2D eigenvalue weighted by Crippen LogP contribution is 2.37. The summed E-state index contributed by atoms with van der Waals surface area (Å²) >= 11 is 6.92. The van der Waals surface area contributed by atoms with E-state index in [1.54, 1.807) is 0 Å². The van der Waals surface area contributed by atoms with Gasteiger partial charge >= 0.3 is 0 Å². The normalized spacial score (nSPS) is 15.7. The monoisotopic (exact) mass is 1110 g/mol. The molecule has 8 rings (SSSR count). The van der Waals surface area contributed by atoms with Crippen LogP contribution in [0.15, 0.2) is 155 Å². The van der Waals surface area contributed by atoms with Gasteiger partial charge in [-0.2, -0.15) is 8.42 Å². The maximum Gasteiger partial charge on any atom is 0.264 e. The highest BCUT2D eigenvalue weighted by Gasteiger charge is 2.41. The van der Waals surface area contributed by atoms with Crippen molar-refractivity contribution in [3.8, 4) is 0 Å². The van der Waals surface area contributed by atoms with E-state index in [4.69, 9.17) is 4.18 Å². The summed E-state index contributed by atoms with van der Waals surface area (Å²) in [4.78, 5) is 4.39. The third-order valence-corrected chi connectivity index (χ3v) is 14.3. The van der Waals surface area contributed by atoms with E-state index >= 15 is 0 Å². The summed E-state index contributed by atoms with van der Waals surface area (Å²) in [5.41, 5.74) is 4.66. The maximum absolute atomic E-state index is 13.8. The number of benzene rings is 6. The van der Waals surface area contributed by atoms with Crippen LogP contribution in [0.3, 0.4) is 0 Å². The van der Waals surface area contributed by atoms with Crippen LogP contribution in [-0.4, -0.2) is 92.1 Å². The smallest absolute Gasteiger partial charge is 0.264 e. The Hall–Kier alpha value is -4.47. The second kappa shape index (κ2) is 22.3. The van der Waals surface area contributed by atoms with E-state index in [1.165, 1.54) is 11.1 Å². The van der Waals surface area contributed by atoms with Gasteiger partial charge in [-0.25, -0.2) is 34.4 Å². The molecule has 2 aliphatic heterocycles. The Labute approximate surface area is 406 Å². The molecule has 0 bridgehead atoms. The number of hydrogen-bond donors (Lipinski definition) is 0. The summed E-state index contributed by atoms with van der Waals surface area (Å²) < 4.78 is 130. The molecule has 6 aromatic carbocycles. The number of halogens is 6. The summed E-state index contributed by atoms with van der Waals surface area (Å²) in [5, 5.41) is 0. The first-order valence-electron chi connectivity index (χ1n) is 20.6. The Balaban J connectivity index is 0.000000180. The van der Waals surface area contributed by atoms with E-state index < -0.39 is 59.3 Å². The van der Waals surface area contributed by atoms with Crippen LogP contribution in [0.25, 0.3) is 0 Å². The van der Waals surface area contributed by atoms with E-state index in [0.29, 0.717) is 32.2 Å². The third-order valence-electron chi connectivity index (χ3n) is 10.6. The lowest BCUT2D eigenvalue weighted by atomic mass is 9.93. The molecule has 0 saturated carbocycles. The van der Waals surface area contributed by atoms with Gasteiger partial charge in [0.25, 0.3) is 10.1 Å². The molecule has 0 spiro atoms. The minimum Gasteiger partial charge on any atom is -0.288 e. The molecular weight excluding hydrogens is 1060 g/mol. The van der Waals surface area contributed by atoms with Crippen molar-refractivity contribution in [3.63, 3.8) is 0 Å². The lowest BCUT2D eigenvalue weighted by Gasteiger charge is -2.48. The average molecular weight is 1110 g/mol. The molecule has 356 valence electrons. The summed E-state index contributed by atoms with van der Waals surface area (Å²) in [5.74, 6) is -3.49. The van der Waals surface area contributed by atoms with Crippen molar-refractivity contribution < 1.29 is 47.0 Å². The zero-order valence-electron chi connectivity index (χ0n) is 36.4. The van der Waals surface area contributed by atoms with Crippen LogP contribution in [-0.2, 0) is 39.9 Å². The molecule has 0 aliphatic carbocycles. The first-order chi connectivity index (χ1) is 31.5. The molecule has 2 fully saturated rings. The lowest BCUT2D eigenvalue weighted by Crippen LogP contribution is -2.61.